The van der Waals surface area contributed by atoms with E-state index in [0.29, 0.717) is 13.0 Å². The highest BCUT2D eigenvalue weighted by atomic mass is 35.5. The second-order valence-corrected chi connectivity index (χ2v) is 8.40. The van der Waals surface area contributed by atoms with Crippen LogP contribution < -0.4 is 4.90 Å². The van der Waals surface area contributed by atoms with E-state index in [2.05, 4.69) is 6.07 Å². The lowest BCUT2D eigenvalue weighted by atomic mass is 10.1. The normalized spacial score (nSPS) is 17.8. The van der Waals surface area contributed by atoms with Gasteiger partial charge in [0.25, 0.3) is 5.91 Å². The molecule has 2 saturated heterocycles. The molecule has 0 aromatic heterocycles. The lowest BCUT2D eigenvalue weighted by Crippen LogP contribution is -3.13. The molecular weight excluding hydrogens is 386 g/mol. The van der Waals surface area contributed by atoms with Gasteiger partial charge in [0, 0.05) is 35.7 Å². The molecule has 0 spiro atoms. The summed E-state index contributed by atoms with van der Waals surface area (Å²) in [7, 11) is 0. The second-order valence-electron chi connectivity index (χ2n) is 7.96. The lowest BCUT2D eigenvalue weighted by molar-refractivity contribution is -0.917. The molecule has 2 aromatic rings. The Kier molecular flexibility index (Phi) is 6.16. The van der Waals surface area contributed by atoms with Gasteiger partial charge in [-0.25, -0.2) is 0 Å². The molecule has 0 saturated carbocycles. The number of carbonyl (C=O) groups excluding carboxylic acids is 2. The van der Waals surface area contributed by atoms with Crippen LogP contribution in [0.3, 0.4) is 0 Å². The Hall–Kier alpha value is -2.37. The van der Waals surface area contributed by atoms with Gasteiger partial charge in [0.1, 0.15) is 6.54 Å². The van der Waals surface area contributed by atoms with Crippen molar-refractivity contribution in [2.45, 2.75) is 25.9 Å². The quantitative estimate of drug-likeness (QED) is 0.816. The fourth-order valence-electron chi connectivity index (χ4n) is 4.17. The van der Waals surface area contributed by atoms with Gasteiger partial charge in [0.2, 0.25) is 5.91 Å². The average molecular weight is 413 g/mol. The Labute approximate surface area is 176 Å². The van der Waals surface area contributed by atoms with E-state index < -0.39 is 0 Å². The zero-order chi connectivity index (χ0) is 20.2. The highest BCUT2D eigenvalue weighted by Gasteiger charge is 2.25. The minimum absolute atomic E-state index is 0.0932. The molecular formula is C23H27ClN3O2+. The van der Waals surface area contributed by atoms with Gasteiger partial charge < -0.3 is 14.7 Å². The highest BCUT2D eigenvalue weighted by molar-refractivity contribution is 6.30. The maximum Gasteiger partial charge on any atom is 0.254 e. The van der Waals surface area contributed by atoms with E-state index in [1.165, 1.54) is 10.5 Å². The van der Waals surface area contributed by atoms with E-state index in [-0.39, 0.29) is 11.8 Å². The number of likely N-dealkylation sites (tertiary alicyclic amines) is 1. The van der Waals surface area contributed by atoms with Gasteiger partial charge in [-0.3, -0.25) is 9.59 Å². The summed E-state index contributed by atoms with van der Waals surface area (Å²) in [6.45, 7) is 5.81. The number of hydrogen-bond acceptors (Lipinski definition) is 2. The van der Waals surface area contributed by atoms with Gasteiger partial charge in [-0.2, -0.15) is 0 Å². The first kappa shape index (κ1) is 19.9. The molecule has 0 bridgehead atoms. The summed E-state index contributed by atoms with van der Waals surface area (Å²) >= 11 is 6.08. The lowest BCUT2D eigenvalue weighted by Gasteiger charge is -2.32. The molecule has 1 N–H and O–H groups in total. The second kappa shape index (κ2) is 8.97. The molecule has 6 heteroatoms. The molecule has 0 radical (unpaired) electrons. The average Bonchev–Trinajstić information content (AvgIpc) is 3.13. The van der Waals surface area contributed by atoms with Crippen LogP contribution in [0.2, 0.25) is 5.02 Å². The number of hydrogen-bond donors (Lipinski definition) is 1. The van der Waals surface area contributed by atoms with Gasteiger partial charge >= 0.3 is 0 Å². The molecule has 152 valence electrons. The van der Waals surface area contributed by atoms with Crippen molar-refractivity contribution in [3.8, 4) is 0 Å². The molecule has 4 rings (SSSR count). The number of amides is 2. The fourth-order valence-corrected chi connectivity index (χ4v) is 4.38. The predicted molar refractivity (Wildman–Crippen MR) is 113 cm³/mol. The van der Waals surface area contributed by atoms with E-state index in [9.17, 15) is 9.59 Å². The van der Waals surface area contributed by atoms with Crippen LogP contribution in [0.25, 0.3) is 0 Å². The molecule has 0 atom stereocenters. The summed E-state index contributed by atoms with van der Waals surface area (Å²) in [6, 6.07) is 15.7. The van der Waals surface area contributed by atoms with E-state index in [1.807, 2.05) is 52.3 Å². The number of carbonyl (C=O) groups is 2. The predicted octanol–water partition coefficient (Wildman–Crippen LogP) is 2.00. The summed E-state index contributed by atoms with van der Waals surface area (Å²) in [6.07, 6.45) is 1.60. The first-order valence-electron chi connectivity index (χ1n) is 10.3. The minimum atomic E-state index is 0.0932. The number of nitrogens with one attached hydrogen (secondary N) is 1. The smallest absolute Gasteiger partial charge is 0.254 e. The van der Waals surface area contributed by atoms with Gasteiger partial charge in [-0.15, -0.1) is 0 Å². The first-order chi connectivity index (χ1) is 14.1. The number of halogens is 1. The molecule has 5 nitrogen and oxygen atoms in total. The maximum absolute atomic E-state index is 12.9. The van der Waals surface area contributed by atoms with Crippen molar-refractivity contribution in [1.82, 2.24) is 9.80 Å². The third kappa shape index (κ3) is 4.98. The molecule has 2 aromatic carbocycles. The Morgan fingerprint density at radius 2 is 1.76 bits per heavy atom. The molecule has 2 amide bonds. The summed E-state index contributed by atoms with van der Waals surface area (Å²) in [5.74, 6) is 0.318. The number of rotatable bonds is 5. The van der Waals surface area contributed by atoms with Crippen molar-refractivity contribution in [1.29, 1.82) is 0 Å². The Morgan fingerprint density at radius 3 is 2.41 bits per heavy atom. The first-order valence-corrected chi connectivity index (χ1v) is 10.7. The maximum atomic E-state index is 12.9. The molecule has 2 heterocycles. The summed E-state index contributed by atoms with van der Waals surface area (Å²) in [5.41, 5.74) is 3.03. The van der Waals surface area contributed by atoms with E-state index in [0.717, 1.165) is 61.8 Å². The van der Waals surface area contributed by atoms with Crippen LogP contribution in [-0.2, 0) is 17.9 Å². The molecule has 2 fully saturated rings. The van der Waals surface area contributed by atoms with Crippen LogP contribution in [0.4, 0.5) is 0 Å². The molecule has 0 unspecified atom stereocenters. The van der Waals surface area contributed by atoms with Crippen molar-refractivity contribution in [3.63, 3.8) is 0 Å². The van der Waals surface area contributed by atoms with Crippen LogP contribution in [-0.4, -0.2) is 54.3 Å². The molecule has 29 heavy (non-hydrogen) atoms. The summed E-state index contributed by atoms with van der Waals surface area (Å²) in [4.78, 5) is 29.9. The van der Waals surface area contributed by atoms with E-state index in [1.54, 1.807) is 0 Å². The highest BCUT2D eigenvalue weighted by Crippen LogP contribution is 2.15. The van der Waals surface area contributed by atoms with Crippen molar-refractivity contribution in [2.24, 2.45) is 0 Å². The van der Waals surface area contributed by atoms with E-state index >= 15 is 0 Å². The number of nitrogens with zero attached hydrogens (tertiary/aromatic N) is 2. The Bertz CT molecular complexity index is 876. The molecule has 2 aliphatic heterocycles. The Balaban J connectivity index is 1.29. The van der Waals surface area contributed by atoms with Crippen LogP contribution in [0.1, 0.15) is 34.3 Å². The van der Waals surface area contributed by atoms with Crippen LogP contribution >= 0.6 is 11.6 Å². The van der Waals surface area contributed by atoms with Gasteiger partial charge in [0.05, 0.1) is 26.2 Å². The SMILES string of the molecule is O=C1CCCN1Cc1ccc(C(=O)N2CC[NH+](Cc3cccc(Cl)c3)CC2)cc1. The largest absolute Gasteiger partial charge is 0.338 e. The standard InChI is InChI=1S/C23H26ClN3O2/c24-21-4-1-3-19(15-21)16-25-11-13-26(14-12-25)23(29)20-8-6-18(7-9-20)17-27-10-2-5-22(27)28/h1,3-4,6-9,15H,2,5,10-14,16-17H2/p+1. The zero-order valence-corrected chi connectivity index (χ0v) is 17.3. The van der Waals surface area contributed by atoms with Crippen molar-refractivity contribution >= 4 is 23.4 Å². The van der Waals surface area contributed by atoms with Gasteiger partial charge in [-0.1, -0.05) is 35.9 Å². The number of quaternary nitrogens is 1. The van der Waals surface area contributed by atoms with Crippen LogP contribution in [0.5, 0.6) is 0 Å². The monoisotopic (exact) mass is 412 g/mol. The molecule has 0 aliphatic carbocycles. The minimum Gasteiger partial charge on any atom is -0.338 e. The third-order valence-electron chi connectivity index (χ3n) is 5.85. The van der Waals surface area contributed by atoms with Crippen LogP contribution in [0.15, 0.2) is 48.5 Å². The number of piperazine rings is 1. The van der Waals surface area contributed by atoms with Crippen molar-refractivity contribution in [3.05, 3.63) is 70.2 Å². The summed E-state index contributed by atoms with van der Waals surface area (Å²) in [5, 5.41) is 0.772. The summed E-state index contributed by atoms with van der Waals surface area (Å²) < 4.78 is 0. The third-order valence-corrected chi connectivity index (χ3v) is 6.08. The molecule has 2 aliphatic rings. The fraction of sp³-hybridized carbons (Fsp3) is 0.391. The van der Waals surface area contributed by atoms with E-state index in [4.69, 9.17) is 11.6 Å². The van der Waals surface area contributed by atoms with Gasteiger partial charge in [0.15, 0.2) is 0 Å². The topological polar surface area (TPSA) is 45.1 Å². The van der Waals surface area contributed by atoms with Crippen molar-refractivity contribution < 1.29 is 14.5 Å². The van der Waals surface area contributed by atoms with Gasteiger partial charge in [-0.05, 0) is 36.2 Å². The van der Waals surface area contributed by atoms with Crippen molar-refractivity contribution in [2.75, 3.05) is 32.7 Å². The van der Waals surface area contributed by atoms with Crippen LogP contribution in [0, 0.1) is 0 Å². The number of benzene rings is 2. The zero-order valence-electron chi connectivity index (χ0n) is 16.6. The Morgan fingerprint density at radius 1 is 1.00 bits per heavy atom.